The van der Waals surface area contributed by atoms with Crippen LogP contribution in [0, 0.1) is 11.8 Å². The van der Waals surface area contributed by atoms with Crippen LogP contribution in [0.15, 0.2) is 51.9 Å². The number of fused-ring (bicyclic) bond motifs is 1. The minimum Gasteiger partial charge on any atom is -0.334 e. The Hall–Kier alpha value is -3.66. The lowest BCUT2D eigenvalue weighted by molar-refractivity contribution is 0.444. The fourth-order valence-electron chi connectivity index (χ4n) is 2.72. The Labute approximate surface area is 148 Å². The molecule has 4 aromatic rings. The van der Waals surface area contributed by atoms with Gasteiger partial charge in [-0.1, -0.05) is 30.3 Å². The summed E-state index contributed by atoms with van der Waals surface area (Å²) in [6.45, 7) is 1.94. The van der Waals surface area contributed by atoms with E-state index in [0.29, 0.717) is 17.9 Å². The van der Waals surface area contributed by atoms with Crippen LogP contribution in [0.4, 0.5) is 0 Å². The van der Waals surface area contributed by atoms with Crippen molar-refractivity contribution >= 4 is 11.1 Å². The minimum absolute atomic E-state index is 0.198. The lowest BCUT2D eigenvalue weighted by atomic mass is 10.2. The second-order valence-electron chi connectivity index (χ2n) is 5.69. The molecule has 0 aliphatic heterocycles. The zero-order chi connectivity index (χ0) is 18.1. The second-order valence-corrected chi connectivity index (χ2v) is 5.69. The molecule has 0 saturated carbocycles. The molecule has 0 aliphatic carbocycles. The Morgan fingerprint density at radius 1 is 1.15 bits per heavy atom. The molecular formula is C19H15N5O2. The monoisotopic (exact) mass is 345 g/mol. The molecule has 1 aromatic carbocycles. The summed E-state index contributed by atoms with van der Waals surface area (Å²) < 4.78 is 8.48. The Kier molecular flexibility index (Phi) is 3.86. The minimum atomic E-state index is -0.246. The molecule has 3 aromatic heterocycles. The van der Waals surface area contributed by atoms with Gasteiger partial charge in [-0.15, -0.1) is 0 Å². The van der Waals surface area contributed by atoms with Crippen molar-refractivity contribution < 1.29 is 4.52 Å². The van der Waals surface area contributed by atoms with E-state index in [1.807, 2.05) is 44.3 Å². The van der Waals surface area contributed by atoms with Crippen molar-refractivity contribution in [3.63, 3.8) is 0 Å². The van der Waals surface area contributed by atoms with Crippen molar-refractivity contribution in [3.05, 3.63) is 70.2 Å². The molecule has 4 rings (SSSR count). The molecule has 3 heterocycles. The standard InChI is InChI=1S/C19H15N5O2/c1-3-16-20-18-17(19(25)24(16)14-7-5-4-6-8-14)15(22-26-18)10-9-13-11-12-23(2)21-13/h4-8,11-12H,3H2,1-2H3. The first kappa shape index (κ1) is 15.8. The molecule has 0 atom stereocenters. The zero-order valence-electron chi connectivity index (χ0n) is 14.3. The van der Waals surface area contributed by atoms with Crippen LogP contribution < -0.4 is 5.56 Å². The van der Waals surface area contributed by atoms with Crippen LogP contribution >= 0.6 is 0 Å². The highest BCUT2D eigenvalue weighted by Gasteiger charge is 2.18. The summed E-state index contributed by atoms with van der Waals surface area (Å²) in [7, 11) is 1.81. The maximum atomic E-state index is 13.1. The Morgan fingerprint density at radius 2 is 1.96 bits per heavy atom. The summed E-state index contributed by atoms with van der Waals surface area (Å²) in [5, 5.41) is 8.39. The van der Waals surface area contributed by atoms with Gasteiger partial charge in [-0.25, -0.2) is 0 Å². The van der Waals surface area contributed by atoms with E-state index in [2.05, 4.69) is 27.1 Å². The van der Waals surface area contributed by atoms with Gasteiger partial charge in [0.1, 0.15) is 16.9 Å². The molecule has 0 fully saturated rings. The first-order chi connectivity index (χ1) is 12.7. The first-order valence-corrected chi connectivity index (χ1v) is 8.15. The van der Waals surface area contributed by atoms with E-state index in [-0.39, 0.29) is 22.4 Å². The summed E-state index contributed by atoms with van der Waals surface area (Å²) in [4.78, 5) is 17.6. The van der Waals surface area contributed by atoms with Crippen molar-refractivity contribution in [2.24, 2.45) is 7.05 Å². The van der Waals surface area contributed by atoms with E-state index >= 15 is 0 Å². The van der Waals surface area contributed by atoms with Gasteiger partial charge in [0.15, 0.2) is 5.69 Å². The smallest absolute Gasteiger partial charge is 0.272 e. The quantitative estimate of drug-likeness (QED) is 0.520. The van der Waals surface area contributed by atoms with Crippen LogP contribution in [0.2, 0.25) is 0 Å². The van der Waals surface area contributed by atoms with Crippen molar-refractivity contribution in [2.45, 2.75) is 13.3 Å². The van der Waals surface area contributed by atoms with Gasteiger partial charge in [-0.3, -0.25) is 14.0 Å². The molecule has 7 heteroatoms. The number of benzene rings is 1. The van der Waals surface area contributed by atoms with Gasteiger partial charge in [0.25, 0.3) is 11.3 Å². The predicted octanol–water partition coefficient (Wildman–Crippen LogP) is 2.07. The third-order valence-corrected chi connectivity index (χ3v) is 3.93. The number of aromatic nitrogens is 5. The van der Waals surface area contributed by atoms with E-state index in [0.717, 1.165) is 5.69 Å². The molecule has 128 valence electrons. The van der Waals surface area contributed by atoms with Crippen LogP contribution in [0.25, 0.3) is 16.8 Å². The predicted molar refractivity (Wildman–Crippen MR) is 96.0 cm³/mol. The summed E-state index contributed by atoms with van der Waals surface area (Å²) in [6, 6.07) is 11.2. The van der Waals surface area contributed by atoms with Crippen LogP contribution in [0.5, 0.6) is 0 Å². The third-order valence-electron chi connectivity index (χ3n) is 3.93. The summed E-state index contributed by atoms with van der Waals surface area (Å²) >= 11 is 0. The fraction of sp³-hybridized carbons (Fsp3) is 0.158. The average molecular weight is 345 g/mol. The van der Waals surface area contributed by atoms with Gasteiger partial charge in [-0.2, -0.15) is 10.1 Å². The van der Waals surface area contributed by atoms with Crippen molar-refractivity contribution in [3.8, 4) is 17.5 Å². The van der Waals surface area contributed by atoms with Crippen molar-refractivity contribution in [2.75, 3.05) is 0 Å². The lowest BCUT2D eigenvalue weighted by Gasteiger charge is -2.10. The largest absolute Gasteiger partial charge is 0.334 e. The molecule has 0 saturated heterocycles. The van der Waals surface area contributed by atoms with Crippen molar-refractivity contribution in [1.82, 2.24) is 24.5 Å². The third kappa shape index (κ3) is 2.67. The molecule has 0 unspecified atom stereocenters. The van der Waals surface area contributed by atoms with Gasteiger partial charge >= 0.3 is 0 Å². The highest BCUT2D eigenvalue weighted by molar-refractivity contribution is 5.78. The maximum absolute atomic E-state index is 13.1. The molecule has 0 radical (unpaired) electrons. The van der Waals surface area contributed by atoms with E-state index in [4.69, 9.17) is 4.52 Å². The van der Waals surface area contributed by atoms with E-state index in [9.17, 15) is 4.79 Å². The number of rotatable bonds is 2. The Bertz CT molecular complexity index is 1210. The Morgan fingerprint density at radius 3 is 2.65 bits per heavy atom. The zero-order valence-corrected chi connectivity index (χ0v) is 14.3. The number of hydrogen-bond acceptors (Lipinski definition) is 5. The number of para-hydroxylation sites is 1. The summed E-state index contributed by atoms with van der Waals surface area (Å²) in [6.07, 6.45) is 2.37. The van der Waals surface area contributed by atoms with Crippen LogP contribution in [0.3, 0.4) is 0 Å². The van der Waals surface area contributed by atoms with Gasteiger partial charge in [0, 0.05) is 19.7 Å². The van der Waals surface area contributed by atoms with Gasteiger partial charge in [-0.05, 0) is 30.0 Å². The molecule has 26 heavy (non-hydrogen) atoms. The van der Waals surface area contributed by atoms with Crippen LogP contribution in [-0.4, -0.2) is 24.5 Å². The highest BCUT2D eigenvalue weighted by Crippen LogP contribution is 2.16. The van der Waals surface area contributed by atoms with Gasteiger partial charge in [0.2, 0.25) is 0 Å². The van der Waals surface area contributed by atoms with E-state index in [1.54, 1.807) is 21.5 Å². The topological polar surface area (TPSA) is 78.7 Å². The van der Waals surface area contributed by atoms with Gasteiger partial charge < -0.3 is 4.52 Å². The van der Waals surface area contributed by atoms with Crippen LogP contribution in [-0.2, 0) is 13.5 Å². The molecule has 0 spiro atoms. The number of hydrogen-bond donors (Lipinski definition) is 0. The van der Waals surface area contributed by atoms with Gasteiger partial charge in [0.05, 0.1) is 5.69 Å². The molecule has 0 N–H and O–H groups in total. The lowest BCUT2D eigenvalue weighted by Crippen LogP contribution is -2.23. The highest BCUT2D eigenvalue weighted by atomic mass is 16.5. The SMILES string of the molecule is CCc1nc2onc(C#Cc3ccn(C)n3)c2c(=O)n1-c1ccccc1. The van der Waals surface area contributed by atoms with Crippen LogP contribution in [0.1, 0.15) is 24.1 Å². The number of nitrogens with zero attached hydrogens (tertiary/aromatic N) is 5. The normalized spacial score (nSPS) is 10.7. The van der Waals surface area contributed by atoms with E-state index < -0.39 is 0 Å². The van der Waals surface area contributed by atoms with Crippen molar-refractivity contribution in [1.29, 1.82) is 0 Å². The number of aryl methyl sites for hydroxylation is 2. The Balaban J connectivity index is 1.93. The second kappa shape index (κ2) is 6.33. The fourth-order valence-corrected chi connectivity index (χ4v) is 2.72. The first-order valence-electron chi connectivity index (χ1n) is 8.15. The molecule has 7 nitrogen and oxygen atoms in total. The van der Waals surface area contributed by atoms with E-state index in [1.165, 1.54) is 0 Å². The maximum Gasteiger partial charge on any atom is 0.272 e. The summed E-state index contributed by atoms with van der Waals surface area (Å²) in [5.74, 6) is 6.37. The summed E-state index contributed by atoms with van der Waals surface area (Å²) in [5.41, 5.74) is 1.54. The molecule has 0 aliphatic rings. The average Bonchev–Trinajstić information content (AvgIpc) is 3.26. The molecular weight excluding hydrogens is 330 g/mol. The molecule has 0 bridgehead atoms. The molecule has 0 amide bonds.